The molecule has 1 aromatic rings. The number of benzene rings is 1. The molecule has 1 rings (SSSR count). The van der Waals surface area contributed by atoms with E-state index in [1.807, 2.05) is 19.6 Å². The van der Waals surface area contributed by atoms with E-state index < -0.39 is 25.6 Å². The maximum absolute atomic E-state index is 13.2. The lowest BCUT2D eigenvalue weighted by atomic mass is 10.1. The molecule has 0 aliphatic carbocycles. The van der Waals surface area contributed by atoms with Crippen molar-refractivity contribution in [1.29, 1.82) is 0 Å². The molecular weight excluding hydrogens is 248 g/mol. The van der Waals surface area contributed by atoms with Crippen LogP contribution in [0.1, 0.15) is 11.1 Å². The molecule has 0 unspecified atom stereocenters. The summed E-state index contributed by atoms with van der Waals surface area (Å²) in [5.74, 6) is 1.43. The molecule has 5 heteroatoms. The van der Waals surface area contributed by atoms with Crippen molar-refractivity contribution in [1.82, 2.24) is 0 Å². The van der Waals surface area contributed by atoms with Crippen molar-refractivity contribution < 1.29 is 17.6 Å². The predicted molar refractivity (Wildman–Crippen MR) is 61.6 cm³/mol. The summed E-state index contributed by atoms with van der Waals surface area (Å²) in [5, 5.41) is 0. The summed E-state index contributed by atoms with van der Waals surface area (Å²) < 4.78 is 50.0. The van der Waals surface area contributed by atoms with Gasteiger partial charge in [0.2, 0.25) is 0 Å². The van der Waals surface area contributed by atoms with Crippen LogP contribution in [0.25, 0.3) is 0 Å². The average molecular weight is 260 g/mol. The molecule has 0 aliphatic rings. The highest BCUT2D eigenvalue weighted by atomic mass is 28.3. The minimum Gasteiger partial charge on any atom is -0.206 e. The fourth-order valence-electron chi connectivity index (χ4n) is 1.08. The molecule has 92 valence electrons. The maximum atomic E-state index is 13.2. The summed E-state index contributed by atoms with van der Waals surface area (Å²) in [6.45, 7) is 6.00. The van der Waals surface area contributed by atoms with Crippen LogP contribution < -0.4 is 0 Å². The third-order valence-corrected chi connectivity index (χ3v) is 2.73. The lowest BCUT2D eigenvalue weighted by Gasteiger charge is -2.08. The number of hydrogen-bond donors (Lipinski definition) is 0. The van der Waals surface area contributed by atoms with Gasteiger partial charge in [-0.1, -0.05) is 25.6 Å². The Kier molecular flexibility index (Phi) is 3.67. The van der Waals surface area contributed by atoms with Crippen LogP contribution in [-0.4, -0.2) is 8.07 Å². The SMILES string of the molecule is C[Si](C)(C)C#Cc1ccc(C(F)(F)F)c(F)c1. The first-order chi connectivity index (χ1) is 7.59. The highest BCUT2D eigenvalue weighted by Gasteiger charge is 2.33. The number of alkyl halides is 3. The molecular formula is C12H12F4Si. The van der Waals surface area contributed by atoms with E-state index in [1.54, 1.807) is 0 Å². The van der Waals surface area contributed by atoms with Gasteiger partial charge >= 0.3 is 6.18 Å². The second kappa shape index (κ2) is 4.53. The molecule has 0 amide bonds. The normalized spacial score (nSPS) is 11.9. The lowest BCUT2D eigenvalue weighted by molar-refractivity contribution is -0.140. The molecule has 0 aromatic heterocycles. The molecule has 0 aliphatic heterocycles. The average Bonchev–Trinajstić information content (AvgIpc) is 2.11. The van der Waals surface area contributed by atoms with Gasteiger partial charge in [0.15, 0.2) is 0 Å². The van der Waals surface area contributed by atoms with Gasteiger partial charge in [0.05, 0.1) is 5.56 Å². The fourth-order valence-corrected chi connectivity index (χ4v) is 1.60. The van der Waals surface area contributed by atoms with Gasteiger partial charge in [0.1, 0.15) is 13.9 Å². The van der Waals surface area contributed by atoms with Crippen LogP contribution >= 0.6 is 0 Å². The zero-order chi connectivity index (χ0) is 13.3. The summed E-state index contributed by atoms with van der Waals surface area (Å²) in [6, 6.07) is 2.75. The first kappa shape index (κ1) is 13.8. The van der Waals surface area contributed by atoms with E-state index in [2.05, 4.69) is 11.5 Å². The van der Waals surface area contributed by atoms with Crippen LogP contribution in [0, 0.1) is 17.3 Å². The van der Waals surface area contributed by atoms with E-state index in [9.17, 15) is 17.6 Å². The molecule has 0 saturated heterocycles. The Morgan fingerprint density at radius 1 is 1.12 bits per heavy atom. The van der Waals surface area contributed by atoms with Crippen molar-refractivity contribution in [3.8, 4) is 11.5 Å². The van der Waals surface area contributed by atoms with Crippen molar-refractivity contribution in [3.63, 3.8) is 0 Å². The molecule has 0 radical (unpaired) electrons. The zero-order valence-electron chi connectivity index (χ0n) is 9.74. The van der Waals surface area contributed by atoms with Crippen LogP contribution in [0.3, 0.4) is 0 Å². The summed E-state index contributed by atoms with van der Waals surface area (Å²) >= 11 is 0. The Labute approximate surface area is 98.7 Å². The van der Waals surface area contributed by atoms with Gasteiger partial charge in [-0.2, -0.15) is 13.2 Å². The van der Waals surface area contributed by atoms with E-state index in [-0.39, 0.29) is 5.56 Å². The molecule has 0 heterocycles. The first-order valence-corrected chi connectivity index (χ1v) is 8.49. The standard InChI is InChI=1S/C12H12F4Si/c1-17(2,3)7-6-9-4-5-10(11(13)8-9)12(14,15)16/h4-5,8H,1-3H3. The third kappa shape index (κ3) is 4.23. The van der Waals surface area contributed by atoms with Crippen LogP contribution in [0.4, 0.5) is 17.6 Å². The van der Waals surface area contributed by atoms with Crippen LogP contribution in [0.5, 0.6) is 0 Å². The minimum atomic E-state index is -4.66. The van der Waals surface area contributed by atoms with E-state index in [0.717, 1.165) is 12.1 Å². The zero-order valence-corrected chi connectivity index (χ0v) is 10.7. The molecule has 0 nitrogen and oxygen atoms in total. The Morgan fingerprint density at radius 3 is 2.12 bits per heavy atom. The highest BCUT2D eigenvalue weighted by molar-refractivity contribution is 6.83. The summed E-state index contributed by atoms with van der Waals surface area (Å²) in [7, 11) is -1.61. The molecule has 1 aromatic carbocycles. The Bertz CT molecular complexity index is 472. The van der Waals surface area contributed by atoms with E-state index in [4.69, 9.17) is 0 Å². The number of halogens is 4. The predicted octanol–water partition coefficient (Wildman–Crippen LogP) is 4.07. The van der Waals surface area contributed by atoms with E-state index in [0.29, 0.717) is 0 Å². The van der Waals surface area contributed by atoms with Crippen LogP contribution in [0.2, 0.25) is 19.6 Å². The van der Waals surface area contributed by atoms with Gasteiger partial charge in [-0.15, -0.1) is 5.54 Å². The van der Waals surface area contributed by atoms with E-state index in [1.165, 1.54) is 6.07 Å². The van der Waals surface area contributed by atoms with Crippen molar-refractivity contribution >= 4 is 8.07 Å². The van der Waals surface area contributed by atoms with Crippen molar-refractivity contribution in [2.75, 3.05) is 0 Å². The molecule has 0 fully saturated rings. The molecule has 0 bridgehead atoms. The van der Waals surface area contributed by atoms with Crippen molar-refractivity contribution in [2.24, 2.45) is 0 Å². The number of hydrogen-bond acceptors (Lipinski definition) is 0. The Balaban J connectivity index is 3.09. The molecule has 0 N–H and O–H groups in total. The summed E-state index contributed by atoms with van der Waals surface area (Å²) in [6.07, 6.45) is -4.66. The largest absolute Gasteiger partial charge is 0.419 e. The Hall–Kier alpha value is -1.28. The number of rotatable bonds is 0. The van der Waals surface area contributed by atoms with Gasteiger partial charge in [-0.05, 0) is 18.2 Å². The first-order valence-electron chi connectivity index (χ1n) is 4.99. The second-order valence-corrected chi connectivity index (χ2v) is 9.44. The molecule has 0 saturated carbocycles. The van der Waals surface area contributed by atoms with Gasteiger partial charge < -0.3 is 0 Å². The van der Waals surface area contributed by atoms with Crippen molar-refractivity contribution in [3.05, 3.63) is 35.1 Å². The Morgan fingerprint density at radius 2 is 1.71 bits per heavy atom. The third-order valence-electron chi connectivity index (χ3n) is 1.86. The topological polar surface area (TPSA) is 0 Å². The highest BCUT2D eigenvalue weighted by Crippen LogP contribution is 2.31. The maximum Gasteiger partial charge on any atom is 0.419 e. The van der Waals surface area contributed by atoms with Crippen LogP contribution in [-0.2, 0) is 6.18 Å². The van der Waals surface area contributed by atoms with E-state index >= 15 is 0 Å². The van der Waals surface area contributed by atoms with Gasteiger partial charge in [0, 0.05) is 5.56 Å². The monoisotopic (exact) mass is 260 g/mol. The smallest absolute Gasteiger partial charge is 0.206 e. The van der Waals surface area contributed by atoms with Gasteiger partial charge in [-0.3, -0.25) is 0 Å². The molecule has 17 heavy (non-hydrogen) atoms. The molecule has 0 atom stereocenters. The summed E-state index contributed by atoms with van der Waals surface area (Å²) in [4.78, 5) is 0. The van der Waals surface area contributed by atoms with Gasteiger partial charge in [0.25, 0.3) is 0 Å². The minimum absolute atomic E-state index is 0.276. The lowest BCUT2D eigenvalue weighted by Crippen LogP contribution is -2.16. The quantitative estimate of drug-likeness (QED) is 0.375. The fraction of sp³-hybridized carbons (Fsp3) is 0.333. The van der Waals surface area contributed by atoms with Gasteiger partial charge in [-0.25, -0.2) is 4.39 Å². The molecule has 0 spiro atoms. The second-order valence-electron chi connectivity index (χ2n) is 4.69. The van der Waals surface area contributed by atoms with Crippen molar-refractivity contribution in [2.45, 2.75) is 25.8 Å². The summed E-state index contributed by atoms with van der Waals surface area (Å²) in [5.41, 5.74) is 1.99. The van der Waals surface area contributed by atoms with Crippen LogP contribution in [0.15, 0.2) is 18.2 Å².